The number of rotatable bonds is 10. The van der Waals surface area contributed by atoms with E-state index in [2.05, 4.69) is 24.4 Å². The Kier molecular flexibility index (Phi) is 8.46. The third-order valence-corrected chi connectivity index (χ3v) is 3.18. The summed E-state index contributed by atoms with van der Waals surface area (Å²) in [4.78, 5) is 0. The summed E-state index contributed by atoms with van der Waals surface area (Å²) < 4.78 is 10.5. The van der Waals surface area contributed by atoms with E-state index in [0.717, 1.165) is 6.42 Å². The van der Waals surface area contributed by atoms with Crippen LogP contribution in [0.4, 0.5) is 0 Å². The molecule has 0 aliphatic rings. The van der Waals surface area contributed by atoms with Crippen molar-refractivity contribution in [2.45, 2.75) is 38.5 Å². The molecule has 1 aromatic rings. The Morgan fingerprint density at radius 2 is 1.90 bits per heavy atom. The number of aliphatic hydroxyl groups is 1. The molecule has 3 atom stereocenters. The minimum atomic E-state index is -0.507. The van der Waals surface area contributed by atoms with Crippen molar-refractivity contribution >= 4 is 0 Å². The molecule has 0 heterocycles. The molecular formula is C16H27NO3. The van der Waals surface area contributed by atoms with Gasteiger partial charge < -0.3 is 19.9 Å². The molecule has 1 aromatic carbocycles. The molecule has 0 saturated heterocycles. The topological polar surface area (TPSA) is 50.7 Å². The van der Waals surface area contributed by atoms with Crippen LogP contribution >= 0.6 is 0 Å². The van der Waals surface area contributed by atoms with Crippen LogP contribution in [0.15, 0.2) is 30.3 Å². The summed E-state index contributed by atoms with van der Waals surface area (Å²) in [6.07, 6.45) is 0.482. The summed E-state index contributed by atoms with van der Waals surface area (Å²) in [5.74, 6) is 0. The first-order valence-corrected chi connectivity index (χ1v) is 7.24. The lowest BCUT2D eigenvalue weighted by molar-refractivity contribution is -0.0316. The van der Waals surface area contributed by atoms with Gasteiger partial charge in [-0.1, -0.05) is 37.3 Å². The molecule has 0 fully saturated rings. The van der Waals surface area contributed by atoms with Crippen LogP contribution in [-0.4, -0.2) is 44.2 Å². The van der Waals surface area contributed by atoms with E-state index in [1.165, 1.54) is 5.56 Å². The predicted octanol–water partition coefficient (Wildman–Crippen LogP) is 2.14. The first-order valence-electron chi connectivity index (χ1n) is 7.24. The van der Waals surface area contributed by atoms with E-state index in [4.69, 9.17) is 9.47 Å². The fourth-order valence-corrected chi connectivity index (χ4v) is 2.08. The summed E-state index contributed by atoms with van der Waals surface area (Å²) >= 11 is 0. The van der Waals surface area contributed by atoms with E-state index < -0.39 is 6.10 Å². The van der Waals surface area contributed by atoms with Gasteiger partial charge in [0.25, 0.3) is 0 Å². The average Bonchev–Trinajstić information content (AvgIpc) is 2.47. The number of hydrogen-bond donors (Lipinski definition) is 2. The van der Waals surface area contributed by atoms with Gasteiger partial charge >= 0.3 is 0 Å². The highest BCUT2D eigenvalue weighted by molar-refractivity contribution is 5.18. The van der Waals surface area contributed by atoms with Crippen molar-refractivity contribution in [3.63, 3.8) is 0 Å². The highest BCUT2D eigenvalue weighted by atomic mass is 16.5. The Morgan fingerprint density at radius 3 is 2.50 bits per heavy atom. The SMILES string of the molecule is CCC(NCC(O)COC(C)COC)c1ccccc1. The van der Waals surface area contributed by atoms with Gasteiger partial charge in [-0.15, -0.1) is 0 Å². The fraction of sp³-hybridized carbons (Fsp3) is 0.625. The Balaban J connectivity index is 2.30. The quantitative estimate of drug-likeness (QED) is 0.690. The molecule has 4 nitrogen and oxygen atoms in total. The molecule has 1 rings (SSSR count). The summed E-state index contributed by atoms with van der Waals surface area (Å²) in [5, 5.41) is 13.3. The monoisotopic (exact) mass is 281 g/mol. The maximum absolute atomic E-state index is 9.93. The summed E-state index contributed by atoms with van der Waals surface area (Å²) in [6.45, 7) is 5.45. The van der Waals surface area contributed by atoms with Crippen molar-refractivity contribution in [1.82, 2.24) is 5.32 Å². The summed E-state index contributed by atoms with van der Waals surface area (Å²) in [6, 6.07) is 10.5. The smallest absolute Gasteiger partial charge is 0.0898 e. The fourth-order valence-electron chi connectivity index (χ4n) is 2.08. The molecule has 114 valence electrons. The van der Waals surface area contributed by atoms with Crippen molar-refractivity contribution in [1.29, 1.82) is 0 Å². The second-order valence-electron chi connectivity index (χ2n) is 5.03. The first kappa shape index (κ1) is 17.1. The van der Waals surface area contributed by atoms with Gasteiger partial charge in [0.15, 0.2) is 0 Å². The zero-order valence-electron chi connectivity index (χ0n) is 12.7. The lowest BCUT2D eigenvalue weighted by atomic mass is 10.0. The molecule has 0 radical (unpaired) electrons. The standard InChI is InChI=1S/C16H27NO3/c1-4-16(14-8-6-5-7-9-14)17-10-15(18)12-20-13(2)11-19-3/h5-9,13,15-18H,4,10-12H2,1-3H3. The second kappa shape index (κ2) is 9.88. The molecule has 0 saturated carbocycles. The third kappa shape index (κ3) is 6.48. The lowest BCUT2D eigenvalue weighted by Crippen LogP contribution is -2.34. The Morgan fingerprint density at radius 1 is 1.20 bits per heavy atom. The van der Waals surface area contributed by atoms with Crippen LogP contribution < -0.4 is 5.32 Å². The van der Waals surface area contributed by atoms with Crippen molar-refractivity contribution in [3.05, 3.63) is 35.9 Å². The maximum atomic E-state index is 9.93. The molecule has 3 unspecified atom stereocenters. The van der Waals surface area contributed by atoms with Gasteiger partial charge in [0.1, 0.15) is 0 Å². The highest BCUT2D eigenvalue weighted by Crippen LogP contribution is 2.15. The van der Waals surface area contributed by atoms with Crippen LogP contribution in [0.1, 0.15) is 31.9 Å². The number of methoxy groups -OCH3 is 1. The maximum Gasteiger partial charge on any atom is 0.0898 e. The molecule has 0 aliphatic heterocycles. The van der Waals surface area contributed by atoms with Crippen LogP contribution in [0.2, 0.25) is 0 Å². The second-order valence-corrected chi connectivity index (χ2v) is 5.03. The van der Waals surface area contributed by atoms with Gasteiger partial charge in [-0.3, -0.25) is 0 Å². The minimum absolute atomic E-state index is 0.00532. The molecule has 20 heavy (non-hydrogen) atoms. The van der Waals surface area contributed by atoms with E-state index in [-0.39, 0.29) is 12.1 Å². The number of aliphatic hydroxyl groups excluding tert-OH is 1. The molecule has 0 amide bonds. The van der Waals surface area contributed by atoms with Crippen molar-refractivity contribution < 1.29 is 14.6 Å². The average molecular weight is 281 g/mol. The number of nitrogens with one attached hydrogen (secondary N) is 1. The summed E-state index contributed by atoms with van der Waals surface area (Å²) in [7, 11) is 1.64. The Bertz CT molecular complexity index is 345. The van der Waals surface area contributed by atoms with E-state index in [0.29, 0.717) is 19.8 Å². The molecule has 0 spiro atoms. The number of hydrogen-bond acceptors (Lipinski definition) is 4. The molecular weight excluding hydrogens is 254 g/mol. The molecule has 0 aliphatic carbocycles. The predicted molar refractivity (Wildman–Crippen MR) is 80.8 cm³/mol. The van der Waals surface area contributed by atoms with Crippen LogP contribution in [0.25, 0.3) is 0 Å². The molecule has 0 aromatic heterocycles. The lowest BCUT2D eigenvalue weighted by Gasteiger charge is -2.21. The highest BCUT2D eigenvalue weighted by Gasteiger charge is 2.12. The molecule has 4 heteroatoms. The molecule has 0 bridgehead atoms. The zero-order valence-corrected chi connectivity index (χ0v) is 12.7. The Hall–Kier alpha value is -0.940. The molecule has 2 N–H and O–H groups in total. The van der Waals surface area contributed by atoms with E-state index >= 15 is 0 Å². The van der Waals surface area contributed by atoms with Gasteiger partial charge in [-0.05, 0) is 18.9 Å². The van der Waals surface area contributed by atoms with Gasteiger partial charge in [0.05, 0.1) is 25.4 Å². The first-order chi connectivity index (χ1) is 9.67. The third-order valence-electron chi connectivity index (χ3n) is 3.18. The van der Waals surface area contributed by atoms with Crippen molar-refractivity contribution in [2.24, 2.45) is 0 Å². The van der Waals surface area contributed by atoms with E-state index in [1.807, 2.05) is 25.1 Å². The summed E-state index contributed by atoms with van der Waals surface area (Å²) in [5.41, 5.74) is 1.25. The van der Waals surface area contributed by atoms with Crippen LogP contribution in [0.5, 0.6) is 0 Å². The van der Waals surface area contributed by atoms with Gasteiger partial charge in [0.2, 0.25) is 0 Å². The Labute approximate surface area is 122 Å². The normalized spacial score (nSPS) is 15.8. The van der Waals surface area contributed by atoms with Gasteiger partial charge in [-0.25, -0.2) is 0 Å². The number of benzene rings is 1. The van der Waals surface area contributed by atoms with E-state index in [1.54, 1.807) is 7.11 Å². The van der Waals surface area contributed by atoms with Crippen LogP contribution in [0, 0.1) is 0 Å². The number of ether oxygens (including phenoxy) is 2. The largest absolute Gasteiger partial charge is 0.389 e. The van der Waals surface area contributed by atoms with Crippen molar-refractivity contribution in [2.75, 3.05) is 26.9 Å². The van der Waals surface area contributed by atoms with E-state index in [9.17, 15) is 5.11 Å². The minimum Gasteiger partial charge on any atom is -0.389 e. The van der Waals surface area contributed by atoms with Gasteiger partial charge in [0, 0.05) is 19.7 Å². The van der Waals surface area contributed by atoms with Crippen LogP contribution in [-0.2, 0) is 9.47 Å². The van der Waals surface area contributed by atoms with Crippen LogP contribution in [0.3, 0.4) is 0 Å². The van der Waals surface area contributed by atoms with Gasteiger partial charge in [-0.2, -0.15) is 0 Å². The van der Waals surface area contributed by atoms with Crippen molar-refractivity contribution in [3.8, 4) is 0 Å². The zero-order chi connectivity index (χ0) is 14.8.